The second kappa shape index (κ2) is 12.6. The maximum absolute atomic E-state index is 13.0. The number of ether oxygens (including phenoxy) is 1. The second-order valence-corrected chi connectivity index (χ2v) is 6.91. The molecule has 29 heavy (non-hydrogen) atoms. The second-order valence-electron chi connectivity index (χ2n) is 6.91. The van der Waals surface area contributed by atoms with Crippen molar-refractivity contribution < 1.29 is 14.3 Å². The third-order valence-corrected chi connectivity index (χ3v) is 4.77. The molecule has 2 aromatic rings. The number of carbonyl (C=O) groups is 2. The van der Waals surface area contributed by atoms with E-state index in [2.05, 4.69) is 5.32 Å². The maximum atomic E-state index is 13.0. The van der Waals surface area contributed by atoms with Crippen molar-refractivity contribution in [3.05, 3.63) is 66.2 Å². The summed E-state index contributed by atoms with van der Waals surface area (Å²) in [4.78, 5) is 27.2. The van der Waals surface area contributed by atoms with Gasteiger partial charge in [0.25, 0.3) is 0 Å². The fourth-order valence-electron chi connectivity index (χ4n) is 3.26. The van der Waals surface area contributed by atoms with Gasteiger partial charge in [-0.25, -0.2) is 0 Å². The quantitative estimate of drug-likeness (QED) is 0.555. The Hall–Kier alpha value is -2.82. The zero-order chi connectivity index (χ0) is 20.9. The summed E-state index contributed by atoms with van der Waals surface area (Å²) >= 11 is 0. The Kier molecular flexibility index (Phi) is 9.76. The Morgan fingerprint density at radius 3 is 2.28 bits per heavy atom. The summed E-state index contributed by atoms with van der Waals surface area (Å²) in [5.74, 6) is 0.710. The minimum atomic E-state index is -0.443. The van der Waals surface area contributed by atoms with Crippen molar-refractivity contribution in [2.75, 3.05) is 19.7 Å². The van der Waals surface area contributed by atoms with Crippen LogP contribution < -0.4 is 10.1 Å². The predicted octanol–water partition coefficient (Wildman–Crippen LogP) is 3.83. The van der Waals surface area contributed by atoms with E-state index in [-0.39, 0.29) is 11.8 Å². The number of carbonyl (C=O) groups excluding carboxylic acids is 2. The molecule has 0 heterocycles. The molecule has 0 fully saturated rings. The monoisotopic (exact) mass is 396 g/mol. The van der Waals surface area contributed by atoms with Crippen LogP contribution in [0, 0.1) is 0 Å². The van der Waals surface area contributed by atoms with Gasteiger partial charge in [0, 0.05) is 19.5 Å². The van der Waals surface area contributed by atoms with E-state index in [1.54, 1.807) is 4.90 Å². The first-order chi connectivity index (χ1) is 14.2. The Morgan fingerprint density at radius 1 is 1.00 bits per heavy atom. The lowest BCUT2D eigenvalue weighted by Crippen LogP contribution is -2.50. The Balaban J connectivity index is 1.96. The Labute approximate surface area is 174 Å². The van der Waals surface area contributed by atoms with Crippen LogP contribution in [0.15, 0.2) is 60.7 Å². The number of likely N-dealkylation sites (N-methyl/N-ethyl adjacent to an activating group) is 1. The van der Waals surface area contributed by atoms with Gasteiger partial charge in [0.2, 0.25) is 11.8 Å². The minimum absolute atomic E-state index is 0.00399. The highest BCUT2D eigenvalue weighted by Crippen LogP contribution is 2.13. The van der Waals surface area contributed by atoms with E-state index in [4.69, 9.17) is 4.74 Å². The molecule has 0 unspecified atom stereocenters. The number of rotatable bonds is 12. The molecule has 1 atom stereocenters. The van der Waals surface area contributed by atoms with E-state index in [1.807, 2.05) is 74.5 Å². The van der Waals surface area contributed by atoms with E-state index in [9.17, 15) is 9.59 Å². The topological polar surface area (TPSA) is 58.6 Å². The molecule has 0 aliphatic carbocycles. The summed E-state index contributed by atoms with van der Waals surface area (Å²) in [6, 6.07) is 19.2. The van der Waals surface area contributed by atoms with E-state index < -0.39 is 6.04 Å². The minimum Gasteiger partial charge on any atom is -0.494 e. The van der Waals surface area contributed by atoms with Crippen molar-refractivity contribution in [3.63, 3.8) is 0 Å². The van der Waals surface area contributed by atoms with Gasteiger partial charge >= 0.3 is 0 Å². The van der Waals surface area contributed by atoms with E-state index in [1.165, 1.54) is 0 Å². The fraction of sp³-hybridized carbons (Fsp3) is 0.417. The molecule has 5 heteroatoms. The first kappa shape index (κ1) is 22.5. The van der Waals surface area contributed by atoms with Crippen LogP contribution in [0.25, 0.3) is 0 Å². The van der Waals surface area contributed by atoms with Crippen molar-refractivity contribution in [1.82, 2.24) is 10.2 Å². The van der Waals surface area contributed by atoms with Crippen LogP contribution in [0.1, 0.15) is 38.7 Å². The molecule has 1 N–H and O–H groups in total. The molecule has 156 valence electrons. The summed E-state index contributed by atoms with van der Waals surface area (Å²) in [6.07, 6.45) is 2.29. The molecule has 0 radical (unpaired) electrons. The molecule has 0 saturated heterocycles. The summed E-state index contributed by atoms with van der Waals surface area (Å²) in [6.45, 7) is 5.39. The number of para-hydroxylation sites is 1. The van der Waals surface area contributed by atoms with Crippen LogP contribution in [0.5, 0.6) is 5.75 Å². The van der Waals surface area contributed by atoms with Crippen molar-refractivity contribution in [3.8, 4) is 5.75 Å². The SMILES string of the molecule is CCNC(=O)[C@H](CC)N(CCc1ccccc1)C(=O)CCCOc1ccccc1. The molecule has 2 aromatic carbocycles. The first-order valence-electron chi connectivity index (χ1n) is 10.4. The highest BCUT2D eigenvalue weighted by molar-refractivity contribution is 5.87. The molecule has 5 nitrogen and oxygen atoms in total. The van der Waals surface area contributed by atoms with Crippen molar-refractivity contribution >= 4 is 11.8 Å². The van der Waals surface area contributed by atoms with Gasteiger partial charge in [0.15, 0.2) is 0 Å². The molecule has 0 aliphatic rings. The highest BCUT2D eigenvalue weighted by atomic mass is 16.5. The van der Waals surface area contributed by atoms with Gasteiger partial charge in [-0.1, -0.05) is 55.5 Å². The fourth-order valence-corrected chi connectivity index (χ4v) is 3.26. The van der Waals surface area contributed by atoms with Gasteiger partial charge in [0.05, 0.1) is 6.61 Å². The molecule has 0 aliphatic heterocycles. The largest absolute Gasteiger partial charge is 0.494 e. The first-order valence-corrected chi connectivity index (χ1v) is 10.4. The third kappa shape index (κ3) is 7.60. The van der Waals surface area contributed by atoms with E-state index in [0.29, 0.717) is 39.0 Å². The number of benzene rings is 2. The number of hydrogen-bond acceptors (Lipinski definition) is 3. The van der Waals surface area contributed by atoms with Crippen LogP contribution in [0.4, 0.5) is 0 Å². The zero-order valence-corrected chi connectivity index (χ0v) is 17.5. The van der Waals surface area contributed by atoms with Crippen LogP contribution in [-0.4, -0.2) is 42.5 Å². The van der Waals surface area contributed by atoms with E-state index in [0.717, 1.165) is 17.7 Å². The maximum Gasteiger partial charge on any atom is 0.242 e. The van der Waals surface area contributed by atoms with Gasteiger partial charge in [-0.2, -0.15) is 0 Å². The average molecular weight is 397 g/mol. The average Bonchev–Trinajstić information content (AvgIpc) is 2.75. The molecular formula is C24H32N2O3. The van der Waals surface area contributed by atoms with Gasteiger partial charge in [-0.3, -0.25) is 9.59 Å². The lowest BCUT2D eigenvalue weighted by atomic mass is 10.1. The Bertz CT molecular complexity index is 734. The summed E-state index contributed by atoms with van der Waals surface area (Å²) < 4.78 is 5.69. The van der Waals surface area contributed by atoms with Gasteiger partial charge in [-0.05, 0) is 43.9 Å². The van der Waals surface area contributed by atoms with Gasteiger partial charge in [-0.15, -0.1) is 0 Å². The number of nitrogens with zero attached hydrogens (tertiary/aromatic N) is 1. The number of amides is 2. The van der Waals surface area contributed by atoms with Crippen molar-refractivity contribution in [2.45, 2.75) is 45.6 Å². The molecular weight excluding hydrogens is 364 g/mol. The van der Waals surface area contributed by atoms with Crippen LogP contribution >= 0.6 is 0 Å². The van der Waals surface area contributed by atoms with Gasteiger partial charge in [0.1, 0.15) is 11.8 Å². The van der Waals surface area contributed by atoms with Gasteiger partial charge < -0.3 is 15.0 Å². The summed E-state index contributed by atoms with van der Waals surface area (Å²) in [5.41, 5.74) is 1.16. The molecule has 0 aromatic heterocycles. The van der Waals surface area contributed by atoms with Crippen molar-refractivity contribution in [2.24, 2.45) is 0 Å². The molecule has 0 bridgehead atoms. The van der Waals surface area contributed by atoms with E-state index >= 15 is 0 Å². The molecule has 0 spiro atoms. The Morgan fingerprint density at radius 2 is 1.66 bits per heavy atom. The van der Waals surface area contributed by atoms with Crippen LogP contribution in [0.3, 0.4) is 0 Å². The molecule has 2 rings (SSSR count). The molecule has 2 amide bonds. The van der Waals surface area contributed by atoms with Crippen LogP contribution in [-0.2, 0) is 16.0 Å². The standard InChI is InChI=1S/C24H32N2O3/c1-3-22(24(28)25-4-2)26(18-17-20-12-7-5-8-13-20)23(27)16-11-19-29-21-14-9-6-10-15-21/h5-10,12-15,22H,3-4,11,16-19H2,1-2H3,(H,25,28)/t22-/m0/s1. The number of hydrogen-bond donors (Lipinski definition) is 1. The predicted molar refractivity (Wildman–Crippen MR) is 116 cm³/mol. The summed E-state index contributed by atoms with van der Waals surface area (Å²) in [7, 11) is 0. The van der Waals surface area contributed by atoms with Crippen LogP contribution in [0.2, 0.25) is 0 Å². The summed E-state index contributed by atoms with van der Waals surface area (Å²) in [5, 5.41) is 2.86. The van der Waals surface area contributed by atoms with Crippen molar-refractivity contribution in [1.29, 1.82) is 0 Å². The highest BCUT2D eigenvalue weighted by Gasteiger charge is 2.27. The lowest BCUT2D eigenvalue weighted by Gasteiger charge is -2.30. The molecule has 0 saturated carbocycles. The lowest BCUT2D eigenvalue weighted by molar-refractivity contribution is -0.140. The smallest absolute Gasteiger partial charge is 0.242 e. The third-order valence-electron chi connectivity index (χ3n) is 4.77. The zero-order valence-electron chi connectivity index (χ0n) is 17.5. The number of nitrogens with one attached hydrogen (secondary N) is 1. The normalized spacial score (nSPS) is 11.5.